The minimum atomic E-state index is 0.106. The molecule has 2 heterocycles. The summed E-state index contributed by atoms with van der Waals surface area (Å²) in [4.78, 5) is 18.8. The zero-order valence-corrected chi connectivity index (χ0v) is 15.4. The van der Waals surface area contributed by atoms with Gasteiger partial charge in [0, 0.05) is 37.1 Å². The molecule has 1 aliphatic rings. The number of benzene rings is 1. The number of likely N-dealkylation sites (tertiary alicyclic amines) is 1. The molecule has 1 saturated heterocycles. The molecule has 0 bridgehead atoms. The number of anilines is 2. The molecule has 1 amide bonds. The Bertz CT molecular complexity index is 688. The van der Waals surface area contributed by atoms with E-state index in [-0.39, 0.29) is 5.91 Å². The Hall–Kier alpha value is -2.40. The summed E-state index contributed by atoms with van der Waals surface area (Å²) in [7, 11) is 0. The Labute approximate surface area is 155 Å². The van der Waals surface area contributed by atoms with E-state index < -0.39 is 0 Å². The van der Waals surface area contributed by atoms with Gasteiger partial charge in [0.25, 0.3) is 5.91 Å². The quantitative estimate of drug-likeness (QED) is 0.844. The first kappa shape index (κ1) is 18.4. The minimum absolute atomic E-state index is 0.106. The van der Waals surface area contributed by atoms with Crippen molar-refractivity contribution in [1.29, 1.82) is 0 Å². The molecule has 1 fully saturated rings. The lowest BCUT2D eigenvalue weighted by atomic mass is 10.1. The third-order valence-electron chi connectivity index (χ3n) is 4.60. The summed E-state index contributed by atoms with van der Waals surface area (Å²) in [5, 5.41) is 3.28. The zero-order chi connectivity index (χ0) is 18.2. The average Bonchev–Trinajstić information content (AvgIpc) is 2.93. The fourth-order valence-electron chi connectivity index (χ4n) is 3.20. The summed E-state index contributed by atoms with van der Waals surface area (Å²) >= 11 is 0. The molecular weight excluding hydrogens is 326 g/mol. The number of rotatable bonds is 6. The van der Waals surface area contributed by atoms with E-state index in [0.29, 0.717) is 6.10 Å². The maximum atomic E-state index is 12.8. The van der Waals surface area contributed by atoms with E-state index in [4.69, 9.17) is 4.74 Å². The highest BCUT2D eigenvalue weighted by molar-refractivity contribution is 5.94. The van der Waals surface area contributed by atoms with Gasteiger partial charge in [0.1, 0.15) is 0 Å². The van der Waals surface area contributed by atoms with Crippen LogP contribution in [0.25, 0.3) is 0 Å². The third kappa shape index (κ3) is 5.05. The van der Waals surface area contributed by atoms with E-state index in [0.717, 1.165) is 62.3 Å². The molecule has 0 saturated carbocycles. The molecule has 0 aliphatic carbocycles. The molecule has 0 radical (unpaired) electrons. The number of ether oxygens (including phenoxy) is 1. The highest BCUT2D eigenvalue weighted by Crippen LogP contribution is 2.19. The maximum Gasteiger partial charge on any atom is 0.253 e. The van der Waals surface area contributed by atoms with Crippen LogP contribution in [0.5, 0.6) is 0 Å². The number of amides is 1. The zero-order valence-electron chi connectivity index (χ0n) is 15.4. The Morgan fingerprint density at radius 3 is 2.77 bits per heavy atom. The largest absolute Gasteiger partial charge is 0.378 e. The lowest BCUT2D eigenvalue weighted by Crippen LogP contribution is -2.32. The van der Waals surface area contributed by atoms with Gasteiger partial charge in [-0.05, 0) is 62.1 Å². The minimum Gasteiger partial charge on any atom is -0.378 e. The number of nitrogens with zero attached hydrogens (tertiary/aromatic N) is 2. The molecule has 1 atom stereocenters. The van der Waals surface area contributed by atoms with Crippen molar-refractivity contribution in [1.82, 2.24) is 9.88 Å². The molecule has 1 N–H and O–H groups in total. The Kier molecular flexibility index (Phi) is 6.61. The molecule has 138 valence electrons. The summed E-state index contributed by atoms with van der Waals surface area (Å²) in [6, 6.07) is 11.5. The molecule has 0 spiro atoms. The molecule has 5 nitrogen and oxygen atoms in total. The van der Waals surface area contributed by atoms with Crippen LogP contribution in [0.3, 0.4) is 0 Å². The number of carbonyl (C=O) groups is 1. The van der Waals surface area contributed by atoms with Gasteiger partial charge in [0.2, 0.25) is 0 Å². The number of nitrogens with one attached hydrogen (secondary N) is 1. The summed E-state index contributed by atoms with van der Waals surface area (Å²) in [5.41, 5.74) is 2.60. The average molecular weight is 353 g/mol. The van der Waals surface area contributed by atoms with E-state index in [1.807, 2.05) is 41.3 Å². The molecule has 1 aromatic carbocycles. The first-order valence-electron chi connectivity index (χ1n) is 9.44. The summed E-state index contributed by atoms with van der Waals surface area (Å²) in [5.74, 6) is 0.106. The number of aromatic nitrogens is 1. The number of carbonyl (C=O) groups excluding carboxylic acids is 1. The van der Waals surface area contributed by atoms with Crippen LogP contribution in [-0.4, -0.2) is 41.6 Å². The molecule has 3 rings (SSSR count). The van der Waals surface area contributed by atoms with Crippen LogP contribution in [0.4, 0.5) is 11.4 Å². The molecule has 1 aliphatic heterocycles. The van der Waals surface area contributed by atoms with E-state index >= 15 is 0 Å². The summed E-state index contributed by atoms with van der Waals surface area (Å²) in [6.07, 6.45) is 7.81. The molecule has 2 aromatic rings. The number of hydrogen-bond acceptors (Lipinski definition) is 4. The Morgan fingerprint density at radius 2 is 2.04 bits per heavy atom. The van der Waals surface area contributed by atoms with Gasteiger partial charge in [-0.2, -0.15) is 0 Å². The van der Waals surface area contributed by atoms with Crippen molar-refractivity contribution in [2.45, 2.75) is 38.7 Å². The van der Waals surface area contributed by atoms with E-state index in [2.05, 4.69) is 17.2 Å². The fraction of sp³-hybridized carbons (Fsp3) is 0.429. The standard InChI is InChI=1S/C21H27N3O2/c1-2-15-26-20-6-4-13-24(14-11-20)21(25)17-7-9-18(10-8-17)23-19-5-3-12-22-16-19/h3,5,7-10,12,16,20,23H,2,4,6,11,13-15H2,1H3. The van der Waals surface area contributed by atoms with Crippen molar-refractivity contribution < 1.29 is 9.53 Å². The van der Waals surface area contributed by atoms with Crippen LogP contribution in [-0.2, 0) is 4.74 Å². The Balaban J connectivity index is 1.57. The summed E-state index contributed by atoms with van der Waals surface area (Å²) in [6.45, 7) is 4.51. The van der Waals surface area contributed by atoms with Crippen LogP contribution < -0.4 is 5.32 Å². The van der Waals surface area contributed by atoms with Crippen molar-refractivity contribution in [2.24, 2.45) is 0 Å². The smallest absolute Gasteiger partial charge is 0.253 e. The first-order valence-corrected chi connectivity index (χ1v) is 9.44. The first-order chi connectivity index (χ1) is 12.8. The molecule has 1 aromatic heterocycles. The number of pyridine rings is 1. The van der Waals surface area contributed by atoms with E-state index in [9.17, 15) is 4.79 Å². The molecular formula is C21H27N3O2. The van der Waals surface area contributed by atoms with Gasteiger partial charge in [-0.1, -0.05) is 6.92 Å². The lowest BCUT2D eigenvalue weighted by Gasteiger charge is -2.21. The Morgan fingerprint density at radius 1 is 1.19 bits per heavy atom. The van der Waals surface area contributed by atoms with E-state index in [1.54, 1.807) is 12.4 Å². The fourth-order valence-corrected chi connectivity index (χ4v) is 3.20. The van der Waals surface area contributed by atoms with E-state index in [1.165, 1.54) is 0 Å². The van der Waals surface area contributed by atoms with Crippen LogP contribution in [0.1, 0.15) is 43.0 Å². The van der Waals surface area contributed by atoms with Crippen LogP contribution in [0, 0.1) is 0 Å². The normalized spacial score (nSPS) is 17.6. The van der Waals surface area contributed by atoms with Crippen LogP contribution >= 0.6 is 0 Å². The van der Waals surface area contributed by atoms with Crippen LogP contribution in [0.15, 0.2) is 48.8 Å². The van der Waals surface area contributed by atoms with Gasteiger partial charge in [-0.15, -0.1) is 0 Å². The number of hydrogen-bond donors (Lipinski definition) is 1. The monoisotopic (exact) mass is 353 g/mol. The van der Waals surface area contributed by atoms with Gasteiger partial charge in [0.15, 0.2) is 0 Å². The van der Waals surface area contributed by atoms with Crippen molar-refractivity contribution in [3.63, 3.8) is 0 Å². The summed E-state index contributed by atoms with van der Waals surface area (Å²) < 4.78 is 5.87. The van der Waals surface area contributed by atoms with Gasteiger partial charge < -0.3 is 15.0 Å². The lowest BCUT2D eigenvalue weighted by molar-refractivity contribution is 0.0432. The highest BCUT2D eigenvalue weighted by atomic mass is 16.5. The molecule has 26 heavy (non-hydrogen) atoms. The second kappa shape index (κ2) is 9.34. The van der Waals surface area contributed by atoms with Gasteiger partial charge in [-0.25, -0.2) is 0 Å². The topological polar surface area (TPSA) is 54.5 Å². The van der Waals surface area contributed by atoms with Crippen molar-refractivity contribution in [3.05, 3.63) is 54.4 Å². The predicted octanol–water partition coefficient (Wildman–Crippen LogP) is 4.25. The highest BCUT2D eigenvalue weighted by Gasteiger charge is 2.21. The third-order valence-corrected chi connectivity index (χ3v) is 4.60. The van der Waals surface area contributed by atoms with Crippen molar-refractivity contribution >= 4 is 17.3 Å². The van der Waals surface area contributed by atoms with Crippen LogP contribution in [0.2, 0.25) is 0 Å². The van der Waals surface area contributed by atoms with Crippen molar-refractivity contribution in [2.75, 3.05) is 25.0 Å². The van der Waals surface area contributed by atoms with Gasteiger partial charge >= 0.3 is 0 Å². The second-order valence-corrected chi connectivity index (χ2v) is 6.66. The maximum absolute atomic E-state index is 12.8. The second-order valence-electron chi connectivity index (χ2n) is 6.66. The van der Waals surface area contributed by atoms with Crippen molar-refractivity contribution in [3.8, 4) is 0 Å². The molecule has 1 unspecified atom stereocenters. The van der Waals surface area contributed by atoms with Gasteiger partial charge in [0.05, 0.1) is 18.0 Å². The van der Waals surface area contributed by atoms with Gasteiger partial charge in [-0.3, -0.25) is 9.78 Å². The molecule has 5 heteroatoms. The SMILES string of the molecule is CCCOC1CCCN(C(=O)c2ccc(Nc3cccnc3)cc2)CC1. The predicted molar refractivity (Wildman–Crippen MR) is 104 cm³/mol.